The van der Waals surface area contributed by atoms with Crippen LogP contribution in [0.25, 0.3) is 0 Å². The van der Waals surface area contributed by atoms with Crippen LogP contribution in [0, 0.1) is 0 Å². The molecule has 0 aliphatic carbocycles. The summed E-state index contributed by atoms with van der Waals surface area (Å²) in [6.07, 6.45) is 0.770. The summed E-state index contributed by atoms with van der Waals surface area (Å²) in [5.74, 6) is 0.459. The van der Waals surface area contributed by atoms with Gasteiger partial charge in [-0.2, -0.15) is 4.31 Å². The predicted octanol–water partition coefficient (Wildman–Crippen LogP) is 1.41. The van der Waals surface area contributed by atoms with E-state index < -0.39 is 15.6 Å². The molecular formula is C14H16ClN3O3S. The Balaban J connectivity index is 1.81. The van der Waals surface area contributed by atoms with Gasteiger partial charge in [0.15, 0.2) is 0 Å². The zero-order chi connectivity index (χ0) is 16.0. The van der Waals surface area contributed by atoms with E-state index >= 15 is 0 Å². The van der Waals surface area contributed by atoms with E-state index in [9.17, 15) is 13.2 Å². The third kappa shape index (κ3) is 2.53. The first-order chi connectivity index (χ1) is 10.3. The summed E-state index contributed by atoms with van der Waals surface area (Å²) in [5, 5.41) is 3.08. The van der Waals surface area contributed by atoms with E-state index in [0.29, 0.717) is 23.7 Å². The molecule has 3 rings (SSSR count). The maximum Gasteiger partial charge on any atom is 0.253 e. The number of sulfonamides is 1. The molecule has 1 aromatic rings. The molecule has 0 bridgehead atoms. The Morgan fingerprint density at radius 1 is 1.32 bits per heavy atom. The van der Waals surface area contributed by atoms with Crippen LogP contribution in [-0.4, -0.2) is 43.1 Å². The van der Waals surface area contributed by atoms with Crippen molar-refractivity contribution in [1.82, 2.24) is 9.62 Å². The van der Waals surface area contributed by atoms with Gasteiger partial charge in [-0.15, -0.1) is 0 Å². The van der Waals surface area contributed by atoms with Crippen LogP contribution in [0.15, 0.2) is 34.2 Å². The molecule has 2 aliphatic rings. The van der Waals surface area contributed by atoms with E-state index in [1.165, 1.54) is 16.4 Å². The zero-order valence-corrected chi connectivity index (χ0v) is 13.6. The molecule has 0 saturated carbocycles. The molecule has 118 valence electrons. The van der Waals surface area contributed by atoms with E-state index in [4.69, 9.17) is 11.6 Å². The second-order valence-corrected chi connectivity index (χ2v) is 7.92. The minimum Gasteiger partial charge on any atom is -0.313 e. The second kappa shape index (κ2) is 5.33. The van der Waals surface area contributed by atoms with Crippen molar-refractivity contribution in [2.75, 3.05) is 13.1 Å². The van der Waals surface area contributed by atoms with Crippen molar-refractivity contribution >= 4 is 33.4 Å². The van der Waals surface area contributed by atoms with Gasteiger partial charge in [-0.1, -0.05) is 17.7 Å². The molecule has 8 heteroatoms. The number of nitrogens with one attached hydrogen (secondary N) is 1. The molecule has 0 atom stereocenters. The highest BCUT2D eigenvalue weighted by molar-refractivity contribution is 7.89. The van der Waals surface area contributed by atoms with Crippen LogP contribution >= 0.6 is 11.6 Å². The molecule has 0 aromatic heterocycles. The first-order valence-electron chi connectivity index (χ1n) is 6.97. The number of rotatable bonds is 2. The monoisotopic (exact) mass is 341 g/mol. The number of benzene rings is 1. The summed E-state index contributed by atoms with van der Waals surface area (Å²) in [7, 11) is -3.59. The number of piperidine rings is 1. The molecule has 1 spiro atoms. The van der Waals surface area contributed by atoms with Gasteiger partial charge in [0.05, 0.1) is 4.90 Å². The third-order valence-corrected chi connectivity index (χ3v) is 6.21. The van der Waals surface area contributed by atoms with Gasteiger partial charge >= 0.3 is 0 Å². The number of amides is 1. The van der Waals surface area contributed by atoms with Crippen LogP contribution < -0.4 is 5.32 Å². The standard InChI is InChI=1S/C14H16ClN3O3S/c1-10-16-13(19)14(17-10)5-7-18(8-6-14)22(20,21)12-4-2-3-11(15)9-12/h2-4,9H,5-8H2,1H3,(H,16,17,19). The van der Waals surface area contributed by atoms with Crippen molar-refractivity contribution < 1.29 is 13.2 Å². The van der Waals surface area contributed by atoms with Crippen LogP contribution in [-0.2, 0) is 14.8 Å². The van der Waals surface area contributed by atoms with Crippen molar-refractivity contribution in [3.05, 3.63) is 29.3 Å². The highest BCUT2D eigenvalue weighted by Gasteiger charge is 2.46. The second-order valence-electron chi connectivity index (χ2n) is 5.54. The fourth-order valence-electron chi connectivity index (χ4n) is 2.89. The fraction of sp³-hybridized carbons (Fsp3) is 0.429. The molecule has 1 N–H and O–H groups in total. The lowest BCUT2D eigenvalue weighted by molar-refractivity contribution is -0.124. The van der Waals surface area contributed by atoms with Crippen molar-refractivity contribution in [1.29, 1.82) is 0 Å². The first-order valence-corrected chi connectivity index (χ1v) is 8.79. The SMILES string of the molecule is CC1=NC2(CCN(S(=O)(=O)c3cccc(Cl)c3)CC2)C(=O)N1. The molecular weight excluding hydrogens is 326 g/mol. The average molecular weight is 342 g/mol. The summed E-state index contributed by atoms with van der Waals surface area (Å²) >= 11 is 5.87. The van der Waals surface area contributed by atoms with Crippen molar-refractivity contribution in [2.24, 2.45) is 4.99 Å². The Labute approximate surface area is 134 Å². The molecule has 1 amide bonds. The van der Waals surface area contributed by atoms with Gasteiger partial charge in [-0.25, -0.2) is 8.42 Å². The quantitative estimate of drug-likeness (QED) is 0.883. The fourth-order valence-corrected chi connectivity index (χ4v) is 4.64. The Hall–Kier alpha value is -1.44. The number of carbonyl (C=O) groups excluding carboxylic acids is 1. The molecule has 1 saturated heterocycles. The van der Waals surface area contributed by atoms with Gasteiger partial charge in [0, 0.05) is 18.1 Å². The number of hydrogen-bond acceptors (Lipinski definition) is 4. The summed E-state index contributed by atoms with van der Waals surface area (Å²) in [5.41, 5.74) is -0.801. The summed E-state index contributed by atoms with van der Waals surface area (Å²) in [6.45, 7) is 2.26. The highest BCUT2D eigenvalue weighted by atomic mass is 35.5. The maximum atomic E-state index is 12.6. The van der Waals surface area contributed by atoms with Crippen molar-refractivity contribution in [3.63, 3.8) is 0 Å². The van der Waals surface area contributed by atoms with Crippen LogP contribution in [0.4, 0.5) is 0 Å². The lowest BCUT2D eigenvalue weighted by Crippen LogP contribution is -2.50. The Morgan fingerprint density at radius 2 is 2.00 bits per heavy atom. The minimum absolute atomic E-state index is 0.134. The maximum absolute atomic E-state index is 12.6. The van der Waals surface area contributed by atoms with Gasteiger partial charge in [-0.05, 0) is 38.0 Å². The molecule has 1 fully saturated rings. The molecule has 2 heterocycles. The minimum atomic E-state index is -3.59. The van der Waals surface area contributed by atoms with Gasteiger partial charge in [0.25, 0.3) is 5.91 Å². The lowest BCUT2D eigenvalue weighted by atomic mass is 9.89. The van der Waals surface area contributed by atoms with E-state index in [1.807, 2.05) is 0 Å². The van der Waals surface area contributed by atoms with Crippen molar-refractivity contribution in [3.8, 4) is 0 Å². The van der Waals surface area contributed by atoms with Crippen LogP contribution in [0.5, 0.6) is 0 Å². The lowest BCUT2D eigenvalue weighted by Gasteiger charge is -2.34. The molecule has 6 nitrogen and oxygen atoms in total. The van der Waals surface area contributed by atoms with E-state index in [0.717, 1.165) is 0 Å². The number of carbonyl (C=O) groups is 1. The molecule has 1 aromatic carbocycles. The normalized spacial score (nSPS) is 21.7. The number of amidine groups is 1. The predicted molar refractivity (Wildman–Crippen MR) is 83.4 cm³/mol. The molecule has 0 radical (unpaired) electrons. The van der Waals surface area contributed by atoms with E-state index in [-0.39, 0.29) is 23.9 Å². The van der Waals surface area contributed by atoms with Gasteiger partial charge in [0.1, 0.15) is 11.4 Å². The Morgan fingerprint density at radius 3 is 2.55 bits per heavy atom. The Kier molecular flexibility index (Phi) is 3.74. The molecule has 2 aliphatic heterocycles. The largest absolute Gasteiger partial charge is 0.313 e. The number of halogens is 1. The third-order valence-electron chi connectivity index (χ3n) is 4.08. The Bertz CT molecular complexity index is 752. The zero-order valence-electron chi connectivity index (χ0n) is 12.0. The molecule has 22 heavy (non-hydrogen) atoms. The van der Waals surface area contributed by atoms with E-state index in [2.05, 4.69) is 10.3 Å². The summed E-state index contributed by atoms with van der Waals surface area (Å²) in [4.78, 5) is 16.6. The number of aliphatic imine (C=N–C) groups is 1. The van der Waals surface area contributed by atoms with Gasteiger partial charge in [0.2, 0.25) is 10.0 Å². The topological polar surface area (TPSA) is 78.8 Å². The smallest absolute Gasteiger partial charge is 0.253 e. The van der Waals surface area contributed by atoms with Gasteiger partial charge in [-0.3, -0.25) is 9.79 Å². The number of nitrogens with zero attached hydrogens (tertiary/aromatic N) is 2. The average Bonchev–Trinajstić information content (AvgIpc) is 2.73. The summed E-state index contributed by atoms with van der Waals surface area (Å²) < 4.78 is 26.6. The van der Waals surface area contributed by atoms with Crippen LogP contribution in [0.3, 0.4) is 0 Å². The van der Waals surface area contributed by atoms with Crippen LogP contribution in [0.2, 0.25) is 5.02 Å². The van der Waals surface area contributed by atoms with Crippen LogP contribution in [0.1, 0.15) is 19.8 Å². The molecule has 0 unspecified atom stereocenters. The van der Waals surface area contributed by atoms with Gasteiger partial charge < -0.3 is 5.32 Å². The van der Waals surface area contributed by atoms with Crippen molar-refractivity contribution in [2.45, 2.75) is 30.2 Å². The number of hydrogen-bond donors (Lipinski definition) is 1. The van der Waals surface area contributed by atoms with E-state index in [1.54, 1.807) is 19.1 Å². The summed E-state index contributed by atoms with van der Waals surface area (Å²) in [6, 6.07) is 6.20. The highest BCUT2D eigenvalue weighted by Crippen LogP contribution is 2.32. The first kappa shape index (κ1) is 15.5.